The average Bonchev–Trinajstić information content (AvgIpc) is 2.83. The minimum atomic E-state index is -0.530. The fraction of sp³-hybridized carbons (Fsp3) is 0. The van der Waals surface area contributed by atoms with Crippen LogP contribution >= 0.6 is 38.9 Å². The molecular formula is C11H6BrClN2O3S. The molecule has 19 heavy (non-hydrogen) atoms. The van der Waals surface area contributed by atoms with Gasteiger partial charge in [0.15, 0.2) is 0 Å². The summed E-state index contributed by atoms with van der Waals surface area (Å²) < 4.78 is 0.721. The number of carbonyl (C=O) groups excluding carboxylic acids is 1. The number of rotatable bonds is 3. The number of amides is 1. The molecule has 1 aromatic carbocycles. The fourth-order valence-electron chi connectivity index (χ4n) is 1.31. The van der Waals surface area contributed by atoms with E-state index in [1.165, 1.54) is 12.1 Å². The lowest BCUT2D eigenvalue weighted by Gasteiger charge is -2.04. The molecule has 0 spiro atoms. The predicted molar refractivity (Wildman–Crippen MR) is 78.1 cm³/mol. The molecule has 1 amide bonds. The molecule has 0 bridgehead atoms. The van der Waals surface area contributed by atoms with E-state index >= 15 is 0 Å². The van der Waals surface area contributed by atoms with Crippen molar-refractivity contribution < 1.29 is 9.72 Å². The van der Waals surface area contributed by atoms with Gasteiger partial charge in [-0.05, 0) is 40.2 Å². The van der Waals surface area contributed by atoms with Crippen LogP contribution in [-0.2, 0) is 0 Å². The first-order valence-electron chi connectivity index (χ1n) is 4.98. The first-order valence-corrected chi connectivity index (χ1v) is 6.97. The van der Waals surface area contributed by atoms with Gasteiger partial charge in [0.2, 0.25) is 0 Å². The number of halogens is 2. The van der Waals surface area contributed by atoms with Crippen molar-refractivity contribution in [3.63, 3.8) is 0 Å². The van der Waals surface area contributed by atoms with Gasteiger partial charge in [-0.2, -0.15) is 0 Å². The third-order valence-electron chi connectivity index (χ3n) is 2.17. The van der Waals surface area contributed by atoms with Gasteiger partial charge in [-0.3, -0.25) is 14.9 Å². The van der Waals surface area contributed by atoms with Gasteiger partial charge in [0, 0.05) is 16.2 Å². The van der Waals surface area contributed by atoms with E-state index in [0.717, 1.165) is 15.8 Å². The molecule has 5 nitrogen and oxygen atoms in total. The van der Waals surface area contributed by atoms with Crippen LogP contribution in [0.4, 0.5) is 10.7 Å². The predicted octanol–water partition coefficient (Wildman–Crippen LogP) is 4.32. The van der Waals surface area contributed by atoms with Crippen LogP contribution in [0.15, 0.2) is 34.8 Å². The van der Waals surface area contributed by atoms with Crippen LogP contribution in [0, 0.1) is 10.1 Å². The van der Waals surface area contributed by atoms with E-state index in [-0.39, 0.29) is 9.88 Å². The van der Waals surface area contributed by atoms with Crippen molar-refractivity contribution in [3.05, 3.63) is 54.8 Å². The summed E-state index contributed by atoms with van der Waals surface area (Å²) in [5, 5.41) is 13.6. The lowest BCUT2D eigenvalue weighted by molar-refractivity contribution is -0.380. The normalized spacial score (nSPS) is 10.2. The topological polar surface area (TPSA) is 72.2 Å². The highest BCUT2D eigenvalue weighted by molar-refractivity contribution is 9.10. The first kappa shape index (κ1) is 14.0. The Morgan fingerprint density at radius 2 is 2.11 bits per heavy atom. The van der Waals surface area contributed by atoms with Gasteiger partial charge in [0.1, 0.15) is 0 Å². The molecule has 0 radical (unpaired) electrons. The van der Waals surface area contributed by atoms with Gasteiger partial charge in [0.05, 0.1) is 14.8 Å². The Bertz CT molecular complexity index is 659. The van der Waals surface area contributed by atoms with Crippen LogP contribution in [0.3, 0.4) is 0 Å². The zero-order valence-electron chi connectivity index (χ0n) is 9.22. The molecule has 1 N–H and O–H groups in total. The summed E-state index contributed by atoms with van der Waals surface area (Å²) in [7, 11) is 0. The number of thiophene rings is 1. The van der Waals surface area contributed by atoms with Crippen LogP contribution in [-0.4, -0.2) is 10.8 Å². The van der Waals surface area contributed by atoms with E-state index in [1.807, 2.05) is 0 Å². The van der Waals surface area contributed by atoms with Crippen LogP contribution < -0.4 is 5.32 Å². The van der Waals surface area contributed by atoms with Crippen LogP contribution in [0.25, 0.3) is 0 Å². The summed E-state index contributed by atoms with van der Waals surface area (Å²) in [6, 6.07) is 7.68. The van der Waals surface area contributed by atoms with E-state index in [4.69, 9.17) is 11.6 Å². The van der Waals surface area contributed by atoms with Crippen LogP contribution in [0.5, 0.6) is 0 Å². The summed E-state index contributed by atoms with van der Waals surface area (Å²) in [6.07, 6.45) is 0. The molecule has 0 aliphatic carbocycles. The van der Waals surface area contributed by atoms with Gasteiger partial charge >= 0.3 is 5.00 Å². The number of nitro groups is 1. The molecule has 0 aliphatic heterocycles. The standard InChI is InChI=1S/C11H6BrClN2O3S/c12-7-2-1-6(5-8(7)13)14-11(16)9-3-4-10(19-9)15(17)18/h1-5H,(H,14,16). The number of nitrogens with zero attached hydrogens (tertiary/aromatic N) is 1. The largest absolute Gasteiger partial charge is 0.324 e. The maximum atomic E-state index is 11.9. The Morgan fingerprint density at radius 1 is 1.37 bits per heavy atom. The molecule has 98 valence electrons. The molecule has 2 rings (SSSR count). The average molecular weight is 362 g/mol. The maximum Gasteiger partial charge on any atom is 0.324 e. The third-order valence-corrected chi connectivity index (χ3v) is 4.44. The third kappa shape index (κ3) is 3.31. The van der Waals surface area contributed by atoms with Crippen molar-refractivity contribution in [3.8, 4) is 0 Å². The molecule has 0 fully saturated rings. The second kappa shape index (κ2) is 5.68. The number of hydrogen-bond acceptors (Lipinski definition) is 4. The van der Waals surface area contributed by atoms with Crippen molar-refractivity contribution in [1.82, 2.24) is 0 Å². The summed E-state index contributed by atoms with van der Waals surface area (Å²) in [6.45, 7) is 0. The zero-order chi connectivity index (χ0) is 14.0. The zero-order valence-corrected chi connectivity index (χ0v) is 12.4. The monoisotopic (exact) mass is 360 g/mol. The Morgan fingerprint density at radius 3 is 2.68 bits per heavy atom. The molecule has 0 saturated carbocycles. The van der Waals surface area contributed by atoms with Crippen molar-refractivity contribution in [2.75, 3.05) is 5.32 Å². The SMILES string of the molecule is O=C(Nc1ccc(Br)c(Cl)c1)c1ccc([N+](=O)[O-])s1. The van der Waals surface area contributed by atoms with E-state index in [1.54, 1.807) is 18.2 Å². The Labute approximate surface area is 125 Å². The molecule has 0 aliphatic rings. The van der Waals surface area contributed by atoms with Crippen molar-refractivity contribution in [2.24, 2.45) is 0 Å². The van der Waals surface area contributed by atoms with E-state index in [2.05, 4.69) is 21.2 Å². The summed E-state index contributed by atoms with van der Waals surface area (Å²) >= 11 is 9.97. The number of anilines is 1. The molecule has 2 aromatic rings. The smallest absolute Gasteiger partial charge is 0.321 e. The fourth-order valence-corrected chi connectivity index (χ4v) is 2.46. The minimum absolute atomic E-state index is 0.0704. The molecule has 8 heteroatoms. The summed E-state index contributed by atoms with van der Waals surface area (Å²) in [5.74, 6) is -0.406. The van der Waals surface area contributed by atoms with Crippen molar-refractivity contribution in [1.29, 1.82) is 0 Å². The van der Waals surface area contributed by atoms with Gasteiger partial charge in [0.25, 0.3) is 5.91 Å². The summed E-state index contributed by atoms with van der Waals surface area (Å²) in [5.41, 5.74) is 0.522. The maximum absolute atomic E-state index is 11.9. The Kier molecular flexibility index (Phi) is 4.18. The molecule has 0 atom stereocenters. The first-order chi connectivity index (χ1) is 8.97. The summed E-state index contributed by atoms with van der Waals surface area (Å²) in [4.78, 5) is 22.1. The van der Waals surface area contributed by atoms with Gasteiger partial charge < -0.3 is 5.32 Å². The quantitative estimate of drug-likeness (QED) is 0.653. The lowest BCUT2D eigenvalue weighted by Crippen LogP contribution is -2.09. The molecule has 0 unspecified atom stereocenters. The second-order valence-electron chi connectivity index (χ2n) is 3.48. The highest BCUT2D eigenvalue weighted by atomic mass is 79.9. The molecule has 1 aromatic heterocycles. The van der Waals surface area contributed by atoms with Crippen molar-refractivity contribution in [2.45, 2.75) is 0 Å². The number of carbonyl (C=O) groups is 1. The van der Waals surface area contributed by atoms with E-state index in [9.17, 15) is 14.9 Å². The molecular weight excluding hydrogens is 356 g/mol. The highest BCUT2D eigenvalue weighted by Crippen LogP contribution is 2.27. The molecule has 0 saturated heterocycles. The minimum Gasteiger partial charge on any atom is -0.321 e. The van der Waals surface area contributed by atoms with Gasteiger partial charge in [-0.15, -0.1) is 0 Å². The second-order valence-corrected chi connectivity index (χ2v) is 5.80. The Hall–Kier alpha value is -1.44. The van der Waals surface area contributed by atoms with E-state index in [0.29, 0.717) is 10.7 Å². The van der Waals surface area contributed by atoms with Crippen LogP contribution in [0.2, 0.25) is 5.02 Å². The number of nitrogens with one attached hydrogen (secondary N) is 1. The lowest BCUT2D eigenvalue weighted by atomic mass is 10.3. The highest BCUT2D eigenvalue weighted by Gasteiger charge is 2.15. The number of benzene rings is 1. The molecule has 1 heterocycles. The Balaban J connectivity index is 2.15. The van der Waals surface area contributed by atoms with Gasteiger partial charge in [-0.1, -0.05) is 22.9 Å². The van der Waals surface area contributed by atoms with Crippen LogP contribution in [0.1, 0.15) is 9.67 Å². The van der Waals surface area contributed by atoms with E-state index < -0.39 is 10.8 Å². The number of hydrogen-bond donors (Lipinski definition) is 1. The van der Waals surface area contributed by atoms with Crippen molar-refractivity contribution >= 4 is 55.5 Å². The van der Waals surface area contributed by atoms with Gasteiger partial charge in [-0.25, -0.2) is 0 Å².